The summed E-state index contributed by atoms with van der Waals surface area (Å²) in [6.45, 7) is 11.0. The van der Waals surface area contributed by atoms with E-state index in [1.165, 1.54) is 4.88 Å². The van der Waals surface area contributed by atoms with Gasteiger partial charge in [-0.2, -0.15) is 0 Å². The van der Waals surface area contributed by atoms with Gasteiger partial charge < -0.3 is 10.1 Å². The molecule has 1 aliphatic rings. The van der Waals surface area contributed by atoms with Crippen molar-refractivity contribution >= 4 is 45.7 Å². The van der Waals surface area contributed by atoms with E-state index in [4.69, 9.17) is 21.3 Å². The molecule has 0 fully saturated rings. The molecular weight excluding hydrogens is 476 g/mol. The first kappa shape index (κ1) is 25.2. The lowest BCUT2D eigenvalue weighted by atomic mass is 9.72. The smallest absolute Gasteiger partial charge is 0.259 e. The first-order valence-corrected chi connectivity index (χ1v) is 13.0. The molecule has 1 amide bonds. The van der Waals surface area contributed by atoms with Crippen molar-refractivity contribution in [1.82, 2.24) is 0 Å². The van der Waals surface area contributed by atoms with E-state index in [-0.39, 0.29) is 11.3 Å². The first-order chi connectivity index (χ1) is 16.7. The van der Waals surface area contributed by atoms with Crippen molar-refractivity contribution in [2.45, 2.75) is 40.0 Å². The second-order valence-corrected chi connectivity index (χ2v) is 11.4. The molecule has 0 bridgehead atoms. The zero-order chi connectivity index (χ0) is 25.0. The van der Waals surface area contributed by atoms with Gasteiger partial charge in [0.05, 0.1) is 5.56 Å². The zero-order valence-electron chi connectivity index (χ0n) is 20.4. The predicted molar refractivity (Wildman–Crippen MR) is 148 cm³/mol. The van der Waals surface area contributed by atoms with Crippen molar-refractivity contribution in [3.05, 3.63) is 87.8 Å². The Kier molecular flexibility index (Phi) is 7.78. The molecule has 1 aromatic heterocycles. The number of halogens is 1. The Bertz CT molecular complexity index is 1220. The summed E-state index contributed by atoms with van der Waals surface area (Å²) in [6.07, 6.45) is 6.48. The minimum absolute atomic E-state index is 0.126. The van der Waals surface area contributed by atoms with Crippen LogP contribution in [0.15, 0.2) is 66.2 Å². The van der Waals surface area contributed by atoms with Crippen LogP contribution in [0.3, 0.4) is 0 Å². The van der Waals surface area contributed by atoms with Crippen molar-refractivity contribution in [3.8, 4) is 5.75 Å². The Labute approximate surface area is 216 Å². The van der Waals surface area contributed by atoms with Crippen molar-refractivity contribution < 1.29 is 9.53 Å². The third-order valence-corrected chi connectivity index (χ3v) is 7.79. The number of thiophene rings is 1. The number of nitrogens with zero attached hydrogens (tertiary/aromatic N) is 1. The molecule has 4 nitrogen and oxygen atoms in total. The van der Waals surface area contributed by atoms with Crippen LogP contribution in [0.2, 0.25) is 5.02 Å². The lowest BCUT2D eigenvalue weighted by Crippen LogP contribution is -2.27. The van der Waals surface area contributed by atoms with Crippen molar-refractivity contribution in [1.29, 1.82) is 0 Å². The Morgan fingerprint density at radius 3 is 2.57 bits per heavy atom. The average Bonchev–Trinajstić information content (AvgIpc) is 3.21. The average molecular weight is 507 g/mol. The summed E-state index contributed by atoms with van der Waals surface area (Å²) in [6, 6.07) is 14.9. The molecular formula is C29H31ClN2O2S. The number of aliphatic imine (C=N–C) groups is 1. The molecule has 0 spiro atoms. The third-order valence-electron chi connectivity index (χ3n) is 6.38. The van der Waals surface area contributed by atoms with Crippen LogP contribution in [0.4, 0.5) is 10.7 Å². The summed E-state index contributed by atoms with van der Waals surface area (Å²) in [5, 5.41) is 4.43. The fraction of sp³-hybridized carbons (Fsp3) is 0.310. The van der Waals surface area contributed by atoms with Crippen LogP contribution in [0.1, 0.15) is 53.6 Å². The molecule has 35 heavy (non-hydrogen) atoms. The van der Waals surface area contributed by atoms with Gasteiger partial charge in [0.1, 0.15) is 17.4 Å². The molecule has 0 saturated heterocycles. The number of carbonyl (C=O) groups excluding carboxylic acids is 1. The minimum atomic E-state index is -0.126. The second kappa shape index (κ2) is 10.8. The van der Waals surface area contributed by atoms with Gasteiger partial charge in [-0.15, -0.1) is 11.3 Å². The summed E-state index contributed by atoms with van der Waals surface area (Å²) in [5.74, 6) is 1.24. The van der Waals surface area contributed by atoms with Gasteiger partial charge in [0.15, 0.2) is 0 Å². The number of ether oxygens (including phenoxy) is 1. The molecule has 0 radical (unpaired) electrons. The van der Waals surface area contributed by atoms with Gasteiger partial charge >= 0.3 is 0 Å². The van der Waals surface area contributed by atoms with E-state index in [1.807, 2.05) is 42.6 Å². The van der Waals surface area contributed by atoms with Crippen LogP contribution in [0, 0.1) is 11.3 Å². The summed E-state index contributed by atoms with van der Waals surface area (Å²) >= 11 is 7.65. The highest BCUT2D eigenvalue weighted by Crippen LogP contribution is 2.45. The summed E-state index contributed by atoms with van der Waals surface area (Å²) < 4.78 is 5.56. The van der Waals surface area contributed by atoms with E-state index in [0.717, 1.165) is 41.1 Å². The standard InChI is InChI=1S/C29H31ClN2O2S/c1-5-16-34-23-13-6-19(7-14-23)18-31-28-26(27(33)32-22-11-9-21(30)10-12-22)24-15-8-20(29(2,3)4)17-25(24)35-28/h5-7,9-14,18,20H,1,8,15-17H2,2-4H3,(H,32,33)/t20-/m1/s1. The van der Waals surface area contributed by atoms with Crippen LogP contribution in [0.25, 0.3) is 0 Å². The maximum Gasteiger partial charge on any atom is 0.259 e. The zero-order valence-corrected chi connectivity index (χ0v) is 22.0. The maximum atomic E-state index is 13.5. The van der Waals surface area contributed by atoms with Crippen LogP contribution in [0.5, 0.6) is 5.75 Å². The highest BCUT2D eigenvalue weighted by molar-refractivity contribution is 7.16. The van der Waals surface area contributed by atoms with Gasteiger partial charge in [-0.05, 0) is 90.3 Å². The molecule has 2 aromatic carbocycles. The molecule has 0 aliphatic heterocycles. The van der Waals surface area contributed by atoms with E-state index in [1.54, 1.807) is 29.5 Å². The Morgan fingerprint density at radius 2 is 1.91 bits per heavy atom. The number of hydrogen-bond acceptors (Lipinski definition) is 4. The lowest BCUT2D eigenvalue weighted by molar-refractivity contribution is 0.102. The highest BCUT2D eigenvalue weighted by Gasteiger charge is 2.33. The first-order valence-electron chi connectivity index (χ1n) is 11.8. The molecule has 182 valence electrons. The van der Waals surface area contributed by atoms with E-state index in [0.29, 0.717) is 28.8 Å². The molecule has 0 saturated carbocycles. The van der Waals surface area contributed by atoms with E-state index in [2.05, 4.69) is 32.7 Å². The Balaban J connectivity index is 1.64. The van der Waals surface area contributed by atoms with Gasteiger partial charge in [-0.3, -0.25) is 4.79 Å². The van der Waals surface area contributed by atoms with Crippen molar-refractivity contribution in [2.75, 3.05) is 11.9 Å². The lowest BCUT2D eigenvalue weighted by Gasteiger charge is -2.33. The van der Waals surface area contributed by atoms with Gasteiger partial charge in [-0.1, -0.05) is 45.0 Å². The van der Waals surface area contributed by atoms with Gasteiger partial charge in [0.25, 0.3) is 5.91 Å². The number of benzene rings is 2. The molecule has 1 aliphatic carbocycles. The number of amides is 1. The second-order valence-electron chi connectivity index (χ2n) is 9.88. The fourth-order valence-electron chi connectivity index (χ4n) is 4.30. The number of rotatable bonds is 7. The number of carbonyl (C=O) groups is 1. The fourth-order valence-corrected chi connectivity index (χ4v) is 5.70. The summed E-state index contributed by atoms with van der Waals surface area (Å²) in [4.78, 5) is 19.5. The molecule has 3 aromatic rings. The number of hydrogen-bond donors (Lipinski definition) is 1. The third kappa shape index (κ3) is 6.22. The van der Waals surface area contributed by atoms with Gasteiger partial charge in [-0.25, -0.2) is 4.99 Å². The van der Waals surface area contributed by atoms with Crippen molar-refractivity contribution in [2.24, 2.45) is 16.3 Å². The van der Waals surface area contributed by atoms with Crippen molar-refractivity contribution in [3.63, 3.8) is 0 Å². The molecule has 6 heteroatoms. The van der Waals surface area contributed by atoms with E-state index >= 15 is 0 Å². The number of anilines is 1. The van der Waals surface area contributed by atoms with Crippen LogP contribution < -0.4 is 10.1 Å². The predicted octanol–water partition coefficient (Wildman–Crippen LogP) is 8.12. The monoisotopic (exact) mass is 506 g/mol. The number of fused-ring (bicyclic) bond motifs is 1. The Morgan fingerprint density at radius 1 is 1.20 bits per heavy atom. The molecule has 1 N–H and O–H groups in total. The number of nitrogens with one attached hydrogen (secondary N) is 1. The van der Waals surface area contributed by atoms with E-state index in [9.17, 15) is 4.79 Å². The molecule has 0 unspecified atom stereocenters. The topological polar surface area (TPSA) is 50.7 Å². The summed E-state index contributed by atoms with van der Waals surface area (Å²) in [5.41, 5.74) is 3.72. The normalized spacial score (nSPS) is 15.6. The SMILES string of the molecule is C=CCOc1ccc(C=Nc2sc3c(c2C(=O)Nc2ccc(Cl)cc2)CC[C@@H](C(C)(C)C)C3)cc1. The highest BCUT2D eigenvalue weighted by atomic mass is 35.5. The van der Waals surface area contributed by atoms with Gasteiger partial charge in [0, 0.05) is 21.8 Å². The maximum absolute atomic E-state index is 13.5. The molecule has 1 heterocycles. The summed E-state index contributed by atoms with van der Waals surface area (Å²) in [7, 11) is 0. The molecule has 1 atom stereocenters. The van der Waals surface area contributed by atoms with Gasteiger partial charge in [0.2, 0.25) is 0 Å². The Hall–Kier alpha value is -2.89. The molecule has 4 rings (SSSR count). The van der Waals surface area contributed by atoms with Crippen LogP contribution in [-0.2, 0) is 12.8 Å². The van der Waals surface area contributed by atoms with Crippen LogP contribution in [-0.4, -0.2) is 18.7 Å². The van der Waals surface area contributed by atoms with Crippen LogP contribution >= 0.6 is 22.9 Å². The van der Waals surface area contributed by atoms with E-state index < -0.39 is 0 Å². The largest absolute Gasteiger partial charge is 0.490 e. The minimum Gasteiger partial charge on any atom is -0.490 e. The quantitative estimate of drug-likeness (QED) is 0.260.